The molecule has 0 amide bonds. The van der Waals surface area contributed by atoms with Gasteiger partial charge >= 0.3 is 5.69 Å². The largest absolute Gasteiger partial charge is 0.481 e. The van der Waals surface area contributed by atoms with Crippen molar-refractivity contribution >= 4 is 21.6 Å². The second kappa shape index (κ2) is 5.50. The Morgan fingerprint density at radius 1 is 1.60 bits per heavy atom. The van der Waals surface area contributed by atoms with E-state index < -0.39 is 4.92 Å². The van der Waals surface area contributed by atoms with E-state index in [1.165, 1.54) is 6.07 Å². The highest BCUT2D eigenvalue weighted by atomic mass is 79.9. The van der Waals surface area contributed by atoms with E-state index in [1.807, 2.05) is 13.0 Å². The summed E-state index contributed by atoms with van der Waals surface area (Å²) in [4.78, 5) is 10.2. The number of benzene rings is 1. The zero-order valence-electron chi connectivity index (χ0n) is 8.14. The lowest BCUT2D eigenvalue weighted by Crippen LogP contribution is -2.00. The van der Waals surface area contributed by atoms with Crippen LogP contribution in [0.15, 0.2) is 34.8 Å². The molecule has 0 aliphatic rings. The van der Waals surface area contributed by atoms with Gasteiger partial charge in [0.05, 0.1) is 4.92 Å². The predicted molar refractivity (Wildman–Crippen MR) is 61.3 cm³/mol. The molecular weight excluding hydrogens is 262 g/mol. The van der Waals surface area contributed by atoms with Gasteiger partial charge in [-0.25, -0.2) is 0 Å². The predicted octanol–water partition coefficient (Wildman–Crippen LogP) is 3.27. The van der Waals surface area contributed by atoms with Crippen molar-refractivity contribution in [1.82, 2.24) is 0 Å². The van der Waals surface area contributed by atoms with Crippen molar-refractivity contribution < 1.29 is 9.66 Å². The van der Waals surface area contributed by atoms with E-state index in [4.69, 9.17) is 4.74 Å². The number of para-hydroxylation sites is 2. The molecule has 0 N–H and O–H groups in total. The molecule has 0 aliphatic heterocycles. The average molecular weight is 272 g/mol. The molecule has 4 nitrogen and oxygen atoms in total. The second-order valence-electron chi connectivity index (χ2n) is 2.75. The molecule has 80 valence electrons. The summed E-state index contributed by atoms with van der Waals surface area (Å²) in [5, 5.41) is 10.6. The third kappa shape index (κ3) is 3.36. The number of ether oxygens (including phenoxy) is 1. The molecule has 0 atom stereocenters. The standard InChI is InChI=1S/C10H10BrNO3/c1-2-8(11)7-15-10-6-4-3-5-9(10)12(13)14/h2-6H,7H2,1H3/b8-2-. The van der Waals surface area contributed by atoms with E-state index in [9.17, 15) is 10.1 Å². The summed E-state index contributed by atoms with van der Waals surface area (Å²) < 4.78 is 6.14. The van der Waals surface area contributed by atoms with Gasteiger partial charge in [-0.3, -0.25) is 10.1 Å². The van der Waals surface area contributed by atoms with E-state index >= 15 is 0 Å². The summed E-state index contributed by atoms with van der Waals surface area (Å²) in [6.07, 6.45) is 1.83. The van der Waals surface area contributed by atoms with Gasteiger partial charge in [-0.2, -0.15) is 0 Å². The smallest absolute Gasteiger partial charge is 0.310 e. The van der Waals surface area contributed by atoms with Gasteiger partial charge < -0.3 is 4.74 Å². The number of nitro benzene ring substituents is 1. The number of hydrogen-bond donors (Lipinski definition) is 0. The van der Waals surface area contributed by atoms with Crippen LogP contribution in [0.4, 0.5) is 5.69 Å². The molecule has 0 heterocycles. The van der Waals surface area contributed by atoms with Crippen LogP contribution in [-0.2, 0) is 0 Å². The molecule has 0 radical (unpaired) electrons. The zero-order chi connectivity index (χ0) is 11.3. The molecule has 0 saturated heterocycles. The fourth-order valence-corrected chi connectivity index (χ4v) is 1.07. The minimum atomic E-state index is -0.459. The number of nitro groups is 1. The highest BCUT2D eigenvalue weighted by molar-refractivity contribution is 9.11. The minimum absolute atomic E-state index is 0.0195. The molecule has 0 aliphatic carbocycles. The van der Waals surface area contributed by atoms with Gasteiger partial charge in [0.25, 0.3) is 0 Å². The summed E-state index contributed by atoms with van der Waals surface area (Å²) in [6, 6.07) is 6.30. The lowest BCUT2D eigenvalue weighted by Gasteiger charge is -2.05. The summed E-state index contributed by atoms with van der Waals surface area (Å²) in [5.41, 5.74) is -0.0195. The molecule has 5 heteroatoms. The minimum Gasteiger partial charge on any atom is -0.481 e. The Kier molecular flexibility index (Phi) is 4.30. The van der Waals surface area contributed by atoms with Gasteiger partial charge in [0.15, 0.2) is 5.75 Å². The van der Waals surface area contributed by atoms with Crippen LogP contribution < -0.4 is 4.74 Å². The van der Waals surface area contributed by atoms with E-state index in [0.717, 1.165) is 4.48 Å². The Hall–Kier alpha value is -1.36. The molecule has 0 unspecified atom stereocenters. The summed E-state index contributed by atoms with van der Waals surface area (Å²) >= 11 is 3.26. The first kappa shape index (κ1) is 11.7. The molecule has 15 heavy (non-hydrogen) atoms. The van der Waals surface area contributed by atoms with Crippen molar-refractivity contribution in [2.75, 3.05) is 6.61 Å². The highest BCUT2D eigenvalue weighted by Gasteiger charge is 2.13. The Morgan fingerprint density at radius 3 is 2.87 bits per heavy atom. The number of hydrogen-bond acceptors (Lipinski definition) is 3. The zero-order valence-corrected chi connectivity index (χ0v) is 9.73. The third-order valence-electron chi connectivity index (χ3n) is 1.74. The monoisotopic (exact) mass is 271 g/mol. The van der Waals surface area contributed by atoms with Crippen LogP contribution in [0, 0.1) is 10.1 Å². The van der Waals surface area contributed by atoms with Crippen LogP contribution >= 0.6 is 15.9 Å². The van der Waals surface area contributed by atoms with Crippen molar-refractivity contribution in [2.45, 2.75) is 6.92 Å². The van der Waals surface area contributed by atoms with Gasteiger partial charge in [-0.05, 0) is 13.0 Å². The molecule has 1 aromatic carbocycles. The Balaban J connectivity index is 2.80. The van der Waals surface area contributed by atoms with Crippen LogP contribution in [-0.4, -0.2) is 11.5 Å². The molecule has 0 saturated carbocycles. The summed E-state index contributed by atoms with van der Waals surface area (Å²) in [5.74, 6) is 0.279. The third-order valence-corrected chi connectivity index (χ3v) is 2.43. The fraction of sp³-hybridized carbons (Fsp3) is 0.200. The number of allylic oxidation sites excluding steroid dienone is 1. The Labute approximate surface area is 95.8 Å². The summed E-state index contributed by atoms with van der Waals surface area (Å²) in [6.45, 7) is 2.15. The maximum absolute atomic E-state index is 10.6. The molecule has 0 bridgehead atoms. The van der Waals surface area contributed by atoms with Gasteiger partial charge in [0, 0.05) is 10.5 Å². The topological polar surface area (TPSA) is 52.4 Å². The Bertz CT molecular complexity index is 390. The van der Waals surface area contributed by atoms with Crippen LogP contribution in [0.5, 0.6) is 5.75 Å². The van der Waals surface area contributed by atoms with Crippen LogP contribution in [0.25, 0.3) is 0 Å². The second-order valence-corrected chi connectivity index (χ2v) is 3.77. The van der Waals surface area contributed by atoms with Crippen molar-refractivity contribution in [3.63, 3.8) is 0 Å². The molecule has 0 fully saturated rings. The van der Waals surface area contributed by atoms with Crippen LogP contribution in [0.3, 0.4) is 0 Å². The first-order valence-electron chi connectivity index (χ1n) is 4.32. The number of nitrogens with zero attached hydrogens (tertiary/aromatic N) is 1. The molecule has 0 aromatic heterocycles. The molecular formula is C10H10BrNO3. The van der Waals surface area contributed by atoms with Gasteiger partial charge in [-0.15, -0.1) is 0 Å². The van der Waals surface area contributed by atoms with Crippen molar-refractivity contribution in [3.05, 3.63) is 44.9 Å². The first-order valence-corrected chi connectivity index (χ1v) is 5.11. The van der Waals surface area contributed by atoms with E-state index in [2.05, 4.69) is 15.9 Å². The number of rotatable bonds is 4. The molecule has 0 spiro atoms. The maximum Gasteiger partial charge on any atom is 0.310 e. The average Bonchev–Trinajstić information content (AvgIpc) is 2.26. The maximum atomic E-state index is 10.6. The van der Waals surface area contributed by atoms with Gasteiger partial charge in [0.1, 0.15) is 6.61 Å². The van der Waals surface area contributed by atoms with Crippen LogP contribution in [0.1, 0.15) is 6.92 Å². The SMILES string of the molecule is C/C=C(\Br)COc1ccccc1[N+](=O)[O-]. The van der Waals surface area contributed by atoms with E-state index in [0.29, 0.717) is 6.61 Å². The van der Waals surface area contributed by atoms with Gasteiger partial charge in [-0.1, -0.05) is 34.1 Å². The van der Waals surface area contributed by atoms with Gasteiger partial charge in [0.2, 0.25) is 0 Å². The fourth-order valence-electron chi connectivity index (χ4n) is 0.960. The van der Waals surface area contributed by atoms with Crippen molar-refractivity contribution in [2.24, 2.45) is 0 Å². The Morgan fingerprint density at radius 2 is 2.27 bits per heavy atom. The first-order chi connectivity index (χ1) is 7.15. The normalized spacial score (nSPS) is 11.2. The van der Waals surface area contributed by atoms with E-state index in [1.54, 1.807) is 18.2 Å². The highest BCUT2D eigenvalue weighted by Crippen LogP contribution is 2.26. The molecule has 1 rings (SSSR count). The lowest BCUT2D eigenvalue weighted by atomic mass is 10.3. The van der Waals surface area contributed by atoms with Crippen molar-refractivity contribution in [1.29, 1.82) is 0 Å². The van der Waals surface area contributed by atoms with E-state index in [-0.39, 0.29) is 11.4 Å². The quantitative estimate of drug-likeness (QED) is 0.624. The summed E-state index contributed by atoms with van der Waals surface area (Å²) in [7, 11) is 0. The van der Waals surface area contributed by atoms with Crippen molar-refractivity contribution in [3.8, 4) is 5.75 Å². The number of halogens is 1. The lowest BCUT2D eigenvalue weighted by molar-refractivity contribution is -0.385. The van der Waals surface area contributed by atoms with Crippen LogP contribution in [0.2, 0.25) is 0 Å². The molecule has 1 aromatic rings.